The van der Waals surface area contributed by atoms with E-state index in [1.165, 1.54) is 5.57 Å². The highest BCUT2D eigenvalue weighted by Gasteiger charge is 2.15. The summed E-state index contributed by atoms with van der Waals surface area (Å²) in [6.45, 7) is 6.44. The zero-order valence-corrected chi connectivity index (χ0v) is 11.3. The van der Waals surface area contributed by atoms with Gasteiger partial charge in [0.05, 0.1) is 4.92 Å². The maximum atomic E-state index is 10.6. The Morgan fingerprint density at radius 3 is 2.94 bits per heavy atom. The molecule has 1 unspecified atom stereocenters. The number of hydrogen-bond acceptors (Lipinski definition) is 5. The van der Waals surface area contributed by atoms with Gasteiger partial charge in [-0.15, -0.1) is 0 Å². The van der Waals surface area contributed by atoms with E-state index in [0.717, 1.165) is 32.3 Å². The summed E-state index contributed by atoms with van der Waals surface area (Å²) in [5.41, 5.74) is 1.28. The minimum atomic E-state index is -0.427. The highest BCUT2D eigenvalue weighted by molar-refractivity contribution is 5.13. The predicted molar refractivity (Wildman–Crippen MR) is 71.5 cm³/mol. The first-order valence-electron chi connectivity index (χ1n) is 6.26. The van der Waals surface area contributed by atoms with E-state index >= 15 is 0 Å². The van der Waals surface area contributed by atoms with Crippen molar-refractivity contribution in [2.24, 2.45) is 0 Å². The van der Waals surface area contributed by atoms with Crippen LogP contribution in [0.4, 0.5) is 0 Å². The van der Waals surface area contributed by atoms with E-state index in [4.69, 9.17) is 0 Å². The van der Waals surface area contributed by atoms with E-state index in [0.29, 0.717) is 11.9 Å². The molecule has 1 aliphatic rings. The summed E-state index contributed by atoms with van der Waals surface area (Å²) in [4.78, 5) is 12.1. The molecule has 0 radical (unpaired) electrons. The normalized spacial score (nSPS) is 20.3. The second-order valence-corrected chi connectivity index (χ2v) is 4.44. The number of likely N-dealkylation sites (N-methyl/N-ethyl adjacent to an activating group) is 1. The zero-order valence-electron chi connectivity index (χ0n) is 11.3. The fourth-order valence-corrected chi connectivity index (χ4v) is 1.94. The molecule has 6 nitrogen and oxygen atoms in total. The van der Waals surface area contributed by atoms with Gasteiger partial charge in [0.2, 0.25) is 0 Å². The molecular formula is C12H22N4O2. The standard InChI is InChI=1S/C12H22N4O2/c1-4-15(12(13-3)9-16(17)18)8-11-6-5-10(2)14-7-11/h6,9-10,13-14H,4-5,7-8H2,1-3H3/b12-9+. The van der Waals surface area contributed by atoms with Crippen molar-refractivity contribution in [3.63, 3.8) is 0 Å². The minimum absolute atomic E-state index is 0.427. The van der Waals surface area contributed by atoms with Gasteiger partial charge < -0.3 is 15.5 Å². The summed E-state index contributed by atoms with van der Waals surface area (Å²) in [5, 5.41) is 16.8. The van der Waals surface area contributed by atoms with E-state index in [1.54, 1.807) is 7.05 Å². The Morgan fingerprint density at radius 2 is 2.50 bits per heavy atom. The fraction of sp³-hybridized carbons (Fsp3) is 0.667. The lowest BCUT2D eigenvalue weighted by molar-refractivity contribution is -0.404. The van der Waals surface area contributed by atoms with Crippen LogP contribution >= 0.6 is 0 Å². The molecule has 0 fully saturated rings. The van der Waals surface area contributed by atoms with Crippen LogP contribution in [0, 0.1) is 10.1 Å². The summed E-state index contributed by atoms with van der Waals surface area (Å²) >= 11 is 0. The number of hydrogen-bond donors (Lipinski definition) is 2. The topological polar surface area (TPSA) is 70.4 Å². The molecule has 0 amide bonds. The predicted octanol–water partition coefficient (Wildman–Crippen LogP) is 0.912. The summed E-state index contributed by atoms with van der Waals surface area (Å²) in [6.07, 6.45) is 4.26. The SMILES string of the molecule is CCN(CC1=CCC(C)NC1)/C(=C/[N+](=O)[O-])NC. The van der Waals surface area contributed by atoms with Crippen LogP contribution in [0.5, 0.6) is 0 Å². The van der Waals surface area contributed by atoms with E-state index in [1.807, 2.05) is 11.8 Å². The summed E-state index contributed by atoms with van der Waals surface area (Å²) in [5.74, 6) is 0.544. The van der Waals surface area contributed by atoms with Crippen LogP contribution in [-0.2, 0) is 0 Å². The molecule has 6 heteroatoms. The second-order valence-electron chi connectivity index (χ2n) is 4.44. The van der Waals surface area contributed by atoms with Gasteiger partial charge in [-0.25, -0.2) is 0 Å². The molecule has 2 N–H and O–H groups in total. The maximum absolute atomic E-state index is 10.6. The lowest BCUT2D eigenvalue weighted by Crippen LogP contribution is -2.37. The van der Waals surface area contributed by atoms with E-state index in [2.05, 4.69) is 23.6 Å². The van der Waals surface area contributed by atoms with Gasteiger partial charge in [0.1, 0.15) is 0 Å². The number of rotatable bonds is 6. The molecule has 1 heterocycles. The average Bonchev–Trinajstić information content (AvgIpc) is 2.35. The minimum Gasteiger partial charge on any atom is -0.370 e. The molecular weight excluding hydrogens is 232 g/mol. The largest absolute Gasteiger partial charge is 0.370 e. The third-order valence-electron chi connectivity index (χ3n) is 3.04. The van der Waals surface area contributed by atoms with Crippen molar-refractivity contribution < 1.29 is 4.92 Å². The van der Waals surface area contributed by atoms with Crippen LogP contribution in [0.25, 0.3) is 0 Å². The Kier molecular flexibility index (Phi) is 5.64. The third kappa shape index (κ3) is 4.37. The Balaban J connectivity index is 2.69. The number of nitrogens with one attached hydrogen (secondary N) is 2. The van der Waals surface area contributed by atoms with E-state index < -0.39 is 4.92 Å². The van der Waals surface area contributed by atoms with Gasteiger partial charge in [-0.1, -0.05) is 6.08 Å². The number of nitro groups is 1. The molecule has 0 aromatic carbocycles. The summed E-state index contributed by atoms with van der Waals surface area (Å²) in [6, 6.07) is 0.516. The van der Waals surface area contributed by atoms with Gasteiger partial charge in [-0.05, 0) is 25.8 Å². The highest BCUT2D eigenvalue weighted by Crippen LogP contribution is 2.10. The zero-order chi connectivity index (χ0) is 13.5. The van der Waals surface area contributed by atoms with Crippen LogP contribution < -0.4 is 10.6 Å². The maximum Gasteiger partial charge on any atom is 0.274 e. The molecule has 0 aromatic rings. The number of nitrogens with zero attached hydrogens (tertiary/aromatic N) is 2. The van der Waals surface area contributed by atoms with Gasteiger partial charge in [-0.3, -0.25) is 10.1 Å². The van der Waals surface area contributed by atoms with E-state index in [-0.39, 0.29) is 0 Å². The van der Waals surface area contributed by atoms with Crippen molar-refractivity contribution in [1.29, 1.82) is 0 Å². The molecule has 0 bridgehead atoms. The van der Waals surface area contributed by atoms with Crippen molar-refractivity contribution in [3.05, 3.63) is 33.8 Å². The molecule has 0 spiro atoms. The molecule has 1 atom stereocenters. The first-order valence-corrected chi connectivity index (χ1v) is 6.26. The Labute approximate surface area is 108 Å². The molecule has 1 aliphatic heterocycles. The molecule has 0 saturated heterocycles. The molecule has 0 saturated carbocycles. The van der Waals surface area contributed by atoms with Gasteiger partial charge in [0.25, 0.3) is 6.20 Å². The smallest absolute Gasteiger partial charge is 0.274 e. The summed E-state index contributed by atoms with van der Waals surface area (Å²) in [7, 11) is 1.70. The van der Waals surface area contributed by atoms with Crippen LogP contribution in [0.15, 0.2) is 23.7 Å². The summed E-state index contributed by atoms with van der Waals surface area (Å²) < 4.78 is 0. The van der Waals surface area contributed by atoms with Crippen molar-refractivity contribution in [2.75, 3.05) is 26.7 Å². The lowest BCUT2D eigenvalue weighted by atomic mass is 10.1. The van der Waals surface area contributed by atoms with Gasteiger partial charge in [0, 0.05) is 32.7 Å². The highest BCUT2D eigenvalue weighted by atomic mass is 16.6. The molecule has 18 heavy (non-hydrogen) atoms. The third-order valence-corrected chi connectivity index (χ3v) is 3.04. The lowest BCUT2D eigenvalue weighted by Gasteiger charge is -2.28. The first-order chi connectivity index (χ1) is 8.56. The Morgan fingerprint density at radius 1 is 1.78 bits per heavy atom. The second kappa shape index (κ2) is 7.00. The van der Waals surface area contributed by atoms with Crippen molar-refractivity contribution in [1.82, 2.24) is 15.5 Å². The molecule has 1 rings (SSSR count). The average molecular weight is 254 g/mol. The Hall–Kier alpha value is -1.56. The quantitative estimate of drug-likeness (QED) is 0.419. The monoisotopic (exact) mass is 254 g/mol. The molecule has 0 aromatic heterocycles. The van der Waals surface area contributed by atoms with E-state index in [9.17, 15) is 10.1 Å². The first kappa shape index (κ1) is 14.5. The van der Waals surface area contributed by atoms with Crippen LogP contribution in [0.2, 0.25) is 0 Å². The van der Waals surface area contributed by atoms with Crippen LogP contribution in [0.3, 0.4) is 0 Å². The Bertz CT molecular complexity index is 352. The van der Waals surface area contributed by atoms with Gasteiger partial charge in [-0.2, -0.15) is 0 Å². The van der Waals surface area contributed by atoms with Crippen molar-refractivity contribution in [3.8, 4) is 0 Å². The van der Waals surface area contributed by atoms with Crippen molar-refractivity contribution in [2.45, 2.75) is 26.3 Å². The van der Waals surface area contributed by atoms with Crippen LogP contribution in [-0.4, -0.2) is 42.5 Å². The van der Waals surface area contributed by atoms with Gasteiger partial charge >= 0.3 is 0 Å². The van der Waals surface area contributed by atoms with Crippen LogP contribution in [0.1, 0.15) is 20.3 Å². The van der Waals surface area contributed by atoms with Crippen molar-refractivity contribution >= 4 is 0 Å². The van der Waals surface area contributed by atoms with Gasteiger partial charge in [0.15, 0.2) is 5.82 Å². The fourth-order valence-electron chi connectivity index (χ4n) is 1.94. The molecule has 0 aliphatic carbocycles. The molecule has 102 valence electrons.